The van der Waals surface area contributed by atoms with Crippen LogP contribution in [0.1, 0.15) is 12.8 Å². The first-order valence-corrected chi connectivity index (χ1v) is 6.51. The van der Waals surface area contributed by atoms with Gasteiger partial charge in [-0.05, 0) is 25.0 Å². The smallest absolute Gasteiger partial charge is 0.242 e. The highest BCUT2D eigenvalue weighted by molar-refractivity contribution is 6.33. The van der Waals surface area contributed by atoms with Gasteiger partial charge in [-0.25, -0.2) is 0 Å². The molecule has 5 heteroatoms. The Labute approximate surface area is 112 Å². The van der Waals surface area contributed by atoms with Crippen LogP contribution in [0.15, 0.2) is 24.3 Å². The van der Waals surface area contributed by atoms with Crippen molar-refractivity contribution in [1.29, 1.82) is 0 Å². The number of nitrogens with one attached hydrogen (secondary N) is 1. The summed E-state index contributed by atoms with van der Waals surface area (Å²) in [5.74, 6) is -0.0403. The van der Waals surface area contributed by atoms with Crippen molar-refractivity contribution in [2.24, 2.45) is 0 Å². The fourth-order valence-corrected chi connectivity index (χ4v) is 2.50. The molecule has 1 fully saturated rings. The minimum atomic E-state index is -0.350. The number of aliphatic hydroxyl groups excluding tert-OH is 1. The largest absolute Gasteiger partial charge is 0.396 e. The number of anilines is 1. The highest BCUT2D eigenvalue weighted by Crippen LogP contribution is 2.28. The lowest BCUT2D eigenvalue weighted by atomic mass is 10.1. The van der Waals surface area contributed by atoms with Gasteiger partial charge >= 0.3 is 0 Å². The molecule has 1 aliphatic rings. The highest BCUT2D eigenvalue weighted by Gasteiger charge is 2.28. The predicted molar refractivity (Wildman–Crippen MR) is 71.9 cm³/mol. The second kappa shape index (κ2) is 6.07. The quantitative estimate of drug-likeness (QED) is 0.872. The summed E-state index contributed by atoms with van der Waals surface area (Å²) in [4.78, 5) is 14.0. The Morgan fingerprint density at radius 1 is 1.44 bits per heavy atom. The molecule has 0 aliphatic carbocycles. The van der Waals surface area contributed by atoms with E-state index in [1.807, 2.05) is 29.2 Å². The fraction of sp³-hybridized carbons (Fsp3) is 0.462. The SMILES string of the molecule is O=C1NCCCN(c2ccccc2Cl)C1CCO. The molecular formula is C13H17ClN2O2. The molecule has 1 amide bonds. The molecule has 0 bridgehead atoms. The van der Waals surface area contributed by atoms with Crippen LogP contribution < -0.4 is 10.2 Å². The van der Waals surface area contributed by atoms with Crippen molar-refractivity contribution in [2.45, 2.75) is 18.9 Å². The summed E-state index contributed by atoms with van der Waals surface area (Å²) in [6.07, 6.45) is 1.29. The van der Waals surface area contributed by atoms with Crippen LogP contribution in [0.3, 0.4) is 0 Å². The molecule has 0 aromatic heterocycles. The van der Waals surface area contributed by atoms with E-state index in [1.54, 1.807) is 0 Å². The number of carbonyl (C=O) groups is 1. The summed E-state index contributed by atoms with van der Waals surface area (Å²) in [7, 11) is 0. The fourth-order valence-electron chi connectivity index (χ4n) is 2.26. The highest BCUT2D eigenvalue weighted by atomic mass is 35.5. The minimum absolute atomic E-state index is 0.0148. The van der Waals surface area contributed by atoms with E-state index in [-0.39, 0.29) is 18.6 Å². The molecule has 2 N–H and O–H groups in total. The monoisotopic (exact) mass is 268 g/mol. The Hall–Kier alpha value is -1.26. The predicted octanol–water partition coefficient (Wildman–Crippen LogP) is 1.42. The van der Waals surface area contributed by atoms with E-state index in [0.29, 0.717) is 18.0 Å². The number of hydrogen-bond donors (Lipinski definition) is 2. The van der Waals surface area contributed by atoms with Crippen LogP contribution in [-0.4, -0.2) is 36.8 Å². The van der Waals surface area contributed by atoms with Crippen LogP contribution in [-0.2, 0) is 4.79 Å². The van der Waals surface area contributed by atoms with Crippen molar-refractivity contribution in [3.8, 4) is 0 Å². The van der Waals surface area contributed by atoms with Gasteiger partial charge in [0.1, 0.15) is 6.04 Å². The Balaban J connectivity index is 2.32. The van der Waals surface area contributed by atoms with Gasteiger partial charge in [0.2, 0.25) is 5.91 Å². The van der Waals surface area contributed by atoms with Crippen molar-refractivity contribution >= 4 is 23.2 Å². The van der Waals surface area contributed by atoms with E-state index in [2.05, 4.69) is 5.32 Å². The van der Waals surface area contributed by atoms with Gasteiger partial charge in [0.25, 0.3) is 0 Å². The average molecular weight is 269 g/mol. The number of hydrogen-bond acceptors (Lipinski definition) is 3. The van der Waals surface area contributed by atoms with Crippen LogP contribution in [0.2, 0.25) is 5.02 Å². The molecule has 1 heterocycles. The summed E-state index contributed by atoms with van der Waals surface area (Å²) < 4.78 is 0. The molecule has 0 saturated carbocycles. The lowest BCUT2D eigenvalue weighted by Gasteiger charge is -2.30. The number of aliphatic hydroxyl groups is 1. The van der Waals surface area contributed by atoms with E-state index in [1.165, 1.54) is 0 Å². The van der Waals surface area contributed by atoms with Gasteiger partial charge in [0.15, 0.2) is 0 Å². The van der Waals surface area contributed by atoms with Crippen LogP contribution >= 0.6 is 11.6 Å². The Kier molecular flexibility index (Phi) is 4.44. The molecule has 4 nitrogen and oxygen atoms in total. The summed E-state index contributed by atoms with van der Waals surface area (Å²) in [5.41, 5.74) is 0.856. The van der Waals surface area contributed by atoms with Crippen LogP contribution in [0.25, 0.3) is 0 Å². The van der Waals surface area contributed by atoms with Crippen molar-refractivity contribution in [2.75, 3.05) is 24.6 Å². The topological polar surface area (TPSA) is 52.6 Å². The zero-order valence-corrected chi connectivity index (χ0v) is 10.9. The number of halogens is 1. The maximum absolute atomic E-state index is 12.0. The first-order chi connectivity index (χ1) is 8.74. The van der Waals surface area contributed by atoms with Crippen molar-refractivity contribution in [3.63, 3.8) is 0 Å². The van der Waals surface area contributed by atoms with Gasteiger partial charge in [0, 0.05) is 19.7 Å². The van der Waals surface area contributed by atoms with Gasteiger partial charge in [-0.2, -0.15) is 0 Å². The van der Waals surface area contributed by atoms with Gasteiger partial charge in [-0.3, -0.25) is 4.79 Å². The van der Waals surface area contributed by atoms with Gasteiger partial charge < -0.3 is 15.3 Å². The number of nitrogens with zero attached hydrogens (tertiary/aromatic N) is 1. The molecule has 1 saturated heterocycles. The Bertz CT molecular complexity index is 425. The molecular weight excluding hydrogens is 252 g/mol. The second-order valence-corrected chi connectivity index (χ2v) is 4.72. The van der Waals surface area contributed by atoms with Crippen LogP contribution in [0.5, 0.6) is 0 Å². The van der Waals surface area contributed by atoms with E-state index >= 15 is 0 Å². The van der Waals surface area contributed by atoms with Crippen LogP contribution in [0, 0.1) is 0 Å². The molecule has 1 aliphatic heterocycles. The van der Waals surface area contributed by atoms with Crippen molar-refractivity contribution < 1.29 is 9.90 Å². The van der Waals surface area contributed by atoms with Gasteiger partial charge in [0.05, 0.1) is 10.7 Å². The van der Waals surface area contributed by atoms with Gasteiger partial charge in [-0.1, -0.05) is 23.7 Å². The van der Waals surface area contributed by atoms with E-state index < -0.39 is 0 Å². The normalized spacial score (nSPS) is 20.4. The Morgan fingerprint density at radius 3 is 2.94 bits per heavy atom. The maximum atomic E-state index is 12.0. The van der Waals surface area contributed by atoms with Gasteiger partial charge in [-0.15, -0.1) is 0 Å². The number of carbonyl (C=O) groups excluding carboxylic acids is 1. The van der Waals surface area contributed by atoms with E-state index in [9.17, 15) is 4.79 Å². The first kappa shape index (κ1) is 13.2. The van der Waals surface area contributed by atoms with E-state index in [0.717, 1.165) is 18.7 Å². The molecule has 1 aromatic carbocycles. The third kappa shape index (κ3) is 2.76. The molecule has 98 valence electrons. The number of amides is 1. The summed E-state index contributed by atoms with van der Waals surface area (Å²) in [6.45, 7) is 1.41. The lowest BCUT2D eigenvalue weighted by molar-refractivity contribution is -0.122. The zero-order valence-electron chi connectivity index (χ0n) is 10.1. The average Bonchev–Trinajstić information content (AvgIpc) is 2.54. The third-order valence-electron chi connectivity index (χ3n) is 3.12. The van der Waals surface area contributed by atoms with Crippen molar-refractivity contribution in [3.05, 3.63) is 29.3 Å². The maximum Gasteiger partial charge on any atom is 0.242 e. The lowest BCUT2D eigenvalue weighted by Crippen LogP contribution is -2.45. The summed E-state index contributed by atoms with van der Waals surface area (Å²) in [5, 5.41) is 12.6. The molecule has 1 unspecified atom stereocenters. The summed E-state index contributed by atoms with van der Waals surface area (Å²) >= 11 is 6.19. The summed E-state index contributed by atoms with van der Waals surface area (Å²) in [6, 6.07) is 7.14. The molecule has 18 heavy (non-hydrogen) atoms. The van der Waals surface area contributed by atoms with Crippen LogP contribution in [0.4, 0.5) is 5.69 Å². The molecule has 0 spiro atoms. The van der Waals surface area contributed by atoms with Crippen molar-refractivity contribution in [1.82, 2.24) is 5.32 Å². The minimum Gasteiger partial charge on any atom is -0.396 e. The van der Waals surface area contributed by atoms with E-state index in [4.69, 9.17) is 16.7 Å². The Morgan fingerprint density at radius 2 is 2.22 bits per heavy atom. The first-order valence-electron chi connectivity index (χ1n) is 6.14. The molecule has 1 aromatic rings. The second-order valence-electron chi connectivity index (χ2n) is 4.32. The standard InChI is InChI=1S/C13H17ClN2O2/c14-10-4-1-2-5-11(10)16-8-3-7-15-13(18)12(16)6-9-17/h1-2,4-5,12,17H,3,6-9H2,(H,15,18). The number of rotatable bonds is 3. The number of para-hydroxylation sites is 1. The zero-order chi connectivity index (χ0) is 13.0. The third-order valence-corrected chi connectivity index (χ3v) is 3.44. The molecule has 0 radical (unpaired) electrons. The molecule has 2 rings (SSSR count). The molecule has 1 atom stereocenters. The number of benzene rings is 1.